The van der Waals surface area contributed by atoms with Gasteiger partial charge in [-0.2, -0.15) is 0 Å². The van der Waals surface area contributed by atoms with Gasteiger partial charge in [0, 0.05) is 89.7 Å². The van der Waals surface area contributed by atoms with Gasteiger partial charge in [0.1, 0.15) is 51.7 Å². The van der Waals surface area contributed by atoms with E-state index >= 15 is 0 Å². The topological polar surface area (TPSA) is 124 Å². The highest BCUT2D eigenvalue weighted by atomic mass is 16.5. The molecule has 2 amide bonds. The summed E-state index contributed by atoms with van der Waals surface area (Å²) < 4.78 is 54.6. The molecule has 0 aromatic heterocycles. The average Bonchev–Trinajstić information content (AvgIpc) is 3.32. The Balaban J connectivity index is 1.52. The van der Waals surface area contributed by atoms with Crippen LogP contribution in [0.15, 0.2) is 60.7 Å². The third-order valence-corrected chi connectivity index (χ3v) is 12.2. The molecule has 0 saturated carbocycles. The lowest BCUT2D eigenvalue weighted by Crippen LogP contribution is -2.37. The van der Waals surface area contributed by atoms with E-state index < -0.39 is 0 Å². The Bertz CT molecular complexity index is 2430. The number of nitrogens with one attached hydrogen (secondary N) is 2. The Morgan fingerprint density at radius 2 is 0.631 bits per heavy atom. The van der Waals surface area contributed by atoms with Crippen LogP contribution in [0.3, 0.4) is 0 Å². The highest BCUT2D eigenvalue weighted by Crippen LogP contribution is 2.41. The van der Waals surface area contributed by atoms with Gasteiger partial charge in [-0.1, -0.05) is 32.3 Å². The van der Waals surface area contributed by atoms with Crippen LogP contribution < -0.4 is 53.3 Å². The van der Waals surface area contributed by atoms with Crippen molar-refractivity contribution in [3.05, 3.63) is 122 Å². The molecular formula is C53H66N2O10. The van der Waals surface area contributed by atoms with Gasteiger partial charge in [0.2, 0.25) is 0 Å². The van der Waals surface area contributed by atoms with Gasteiger partial charge in [0.25, 0.3) is 0 Å². The molecule has 0 radical (unpaired) electrons. The summed E-state index contributed by atoms with van der Waals surface area (Å²) >= 11 is 0. The van der Waals surface area contributed by atoms with E-state index in [0.29, 0.717) is 97.6 Å². The predicted octanol–water partition coefficient (Wildman–Crippen LogP) is 9.45. The Hall–Kier alpha value is -6.43. The molecule has 12 nitrogen and oxygen atoms in total. The Morgan fingerprint density at radius 3 is 0.923 bits per heavy atom. The van der Waals surface area contributed by atoms with Crippen LogP contribution in [0.1, 0.15) is 93.8 Å². The minimum absolute atomic E-state index is 0.173. The van der Waals surface area contributed by atoms with E-state index in [0.717, 1.165) is 92.6 Å². The van der Waals surface area contributed by atoms with Crippen molar-refractivity contribution < 1.29 is 47.4 Å². The quantitative estimate of drug-likeness (QED) is 0.0857. The minimum atomic E-state index is -0.173. The lowest BCUT2D eigenvalue weighted by Gasteiger charge is -2.20. The number of unbranched alkanes of at least 4 members (excludes halogenated alkanes) is 3. The zero-order chi connectivity index (χ0) is 46.5. The zero-order valence-electron chi connectivity index (χ0n) is 39.8. The molecule has 10 bridgehead atoms. The van der Waals surface area contributed by atoms with Crippen LogP contribution in [-0.4, -0.2) is 83.1 Å². The summed E-state index contributed by atoms with van der Waals surface area (Å²) in [5.41, 5.74) is 10.4. The van der Waals surface area contributed by atoms with Crippen LogP contribution in [0.4, 0.5) is 4.79 Å². The lowest BCUT2D eigenvalue weighted by molar-refractivity contribution is 0.241. The Labute approximate surface area is 384 Å². The van der Waals surface area contributed by atoms with Gasteiger partial charge in [0.05, 0.1) is 64.0 Å². The summed E-state index contributed by atoms with van der Waals surface area (Å²) in [6, 6.07) is 20.4. The van der Waals surface area contributed by atoms with E-state index in [1.807, 2.05) is 48.5 Å². The van der Waals surface area contributed by atoms with Crippen molar-refractivity contribution in [1.29, 1.82) is 0 Å². The Kier molecular flexibility index (Phi) is 17.0. The Morgan fingerprint density at radius 1 is 0.369 bits per heavy atom. The first-order chi connectivity index (χ1) is 31.6. The van der Waals surface area contributed by atoms with Gasteiger partial charge in [-0.15, -0.1) is 0 Å². The van der Waals surface area contributed by atoms with Gasteiger partial charge in [0.15, 0.2) is 0 Å². The van der Waals surface area contributed by atoms with E-state index in [1.54, 1.807) is 64.0 Å². The molecule has 0 aliphatic heterocycles. The second-order valence-electron chi connectivity index (χ2n) is 16.2. The number of urea groups is 1. The van der Waals surface area contributed by atoms with Crippen molar-refractivity contribution in [2.24, 2.45) is 0 Å². The van der Waals surface area contributed by atoms with Gasteiger partial charge in [-0.25, -0.2) is 4.79 Å². The number of amides is 2. The molecule has 0 saturated heterocycles. The van der Waals surface area contributed by atoms with Crippen molar-refractivity contribution in [2.75, 3.05) is 77.1 Å². The maximum atomic E-state index is 12.9. The van der Waals surface area contributed by atoms with Crippen molar-refractivity contribution in [1.82, 2.24) is 10.6 Å². The lowest BCUT2D eigenvalue weighted by atomic mass is 9.91. The highest BCUT2D eigenvalue weighted by Gasteiger charge is 2.23. The van der Waals surface area contributed by atoms with Crippen LogP contribution in [0.25, 0.3) is 0 Å². The van der Waals surface area contributed by atoms with Gasteiger partial charge < -0.3 is 53.3 Å². The largest absolute Gasteiger partial charge is 0.496 e. The first-order valence-corrected chi connectivity index (χ1v) is 22.3. The monoisotopic (exact) mass is 890 g/mol. The van der Waals surface area contributed by atoms with Crippen molar-refractivity contribution in [3.63, 3.8) is 0 Å². The second-order valence-corrected chi connectivity index (χ2v) is 16.2. The molecule has 5 aromatic carbocycles. The summed E-state index contributed by atoms with van der Waals surface area (Å²) in [5.74, 6) is 6.39. The molecule has 12 heteroatoms. The fourth-order valence-corrected chi connectivity index (χ4v) is 8.80. The fraction of sp³-hybridized carbons (Fsp3) is 0.415. The molecule has 10 aliphatic carbocycles. The molecule has 0 fully saturated rings. The maximum Gasteiger partial charge on any atom is 0.314 e. The molecule has 0 spiro atoms. The molecule has 348 valence electrons. The number of hydrogen-bond acceptors (Lipinski definition) is 10. The standard InChI is InChI=1S/C53H66N2O10/c1-11-12-13-14-16-54-53(56)55-17-15-33-18-35-20-37-26-48(61-6)39(28-47(37)60-5)22-41-30-52(65-10)43(32-51(41)64-9)23-42-31-49(62-7)40(29-50(42)63-8)21-38-27-45(58-3)36(25-46(38)59-4)19-34(33)24-44(35)57-2/h18,24-32H,11-17,19-23H2,1-10H3,(H2,54,55,56). The van der Waals surface area contributed by atoms with E-state index in [2.05, 4.69) is 29.7 Å². The van der Waals surface area contributed by atoms with Crippen LogP contribution in [-0.2, 0) is 38.5 Å². The number of benzene rings is 5. The molecular weight excluding hydrogens is 825 g/mol. The smallest absolute Gasteiger partial charge is 0.314 e. The molecule has 0 heterocycles. The predicted molar refractivity (Wildman–Crippen MR) is 254 cm³/mol. The first-order valence-electron chi connectivity index (χ1n) is 22.3. The molecule has 65 heavy (non-hydrogen) atoms. The summed E-state index contributed by atoms with van der Waals surface area (Å²) in [7, 11) is 15.1. The minimum Gasteiger partial charge on any atom is -0.496 e. The normalized spacial score (nSPS) is 12.0. The molecule has 15 rings (SSSR count). The number of carbonyl (C=O) groups is 1. The number of rotatable bonds is 17. The van der Waals surface area contributed by atoms with Crippen molar-refractivity contribution in [2.45, 2.75) is 71.1 Å². The molecule has 2 N–H and O–H groups in total. The number of methoxy groups -OCH3 is 9. The number of ether oxygens (including phenoxy) is 9. The zero-order valence-corrected chi connectivity index (χ0v) is 39.8. The molecule has 10 aliphatic rings. The van der Waals surface area contributed by atoms with E-state index in [-0.39, 0.29) is 6.03 Å². The van der Waals surface area contributed by atoms with Crippen LogP contribution >= 0.6 is 0 Å². The van der Waals surface area contributed by atoms with Crippen molar-refractivity contribution in [3.8, 4) is 51.7 Å². The van der Waals surface area contributed by atoms with Crippen molar-refractivity contribution >= 4 is 6.03 Å². The van der Waals surface area contributed by atoms with Gasteiger partial charge in [-0.3, -0.25) is 0 Å². The van der Waals surface area contributed by atoms with Crippen LogP contribution in [0.5, 0.6) is 51.7 Å². The highest BCUT2D eigenvalue weighted by molar-refractivity contribution is 5.73. The van der Waals surface area contributed by atoms with E-state index in [4.69, 9.17) is 42.6 Å². The van der Waals surface area contributed by atoms with E-state index in [1.165, 1.54) is 0 Å². The molecule has 0 unspecified atom stereocenters. The third-order valence-electron chi connectivity index (χ3n) is 12.2. The SMILES string of the molecule is CCCCCCNC(=O)NCCc1cc2c(OC)cc1Cc1cc(OC)c(cc1OC)Cc1cc(OC)c(cc1OC)Cc1cc(OC)c(cc1OC)Cc1cc(OC)c(cc1OC)C2. The number of carbonyl (C=O) groups excluding carboxylic acids is 1. The molecule has 0 atom stereocenters. The van der Waals surface area contributed by atoms with Gasteiger partial charge in [-0.05, 0) is 84.1 Å². The van der Waals surface area contributed by atoms with Crippen LogP contribution in [0, 0.1) is 0 Å². The fourth-order valence-electron chi connectivity index (χ4n) is 8.80. The maximum absolute atomic E-state index is 12.9. The summed E-state index contributed by atoms with van der Waals surface area (Å²) in [6.45, 7) is 3.26. The summed E-state index contributed by atoms with van der Waals surface area (Å²) in [4.78, 5) is 12.9. The van der Waals surface area contributed by atoms with E-state index in [9.17, 15) is 4.79 Å². The summed E-state index contributed by atoms with van der Waals surface area (Å²) in [5, 5.41) is 6.10. The number of hydrogen-bond donors (Lipinski definition) is 2. The third kappa shape index (κ3) is 11.5. The summed E-state index contributed by atoms with van der Waals surface area (Å²) in [6.07, 6.45) is 7.40. The van der Waals surface area contributed by atoms with Gasteiger partial charge >= 0.3 is 6.03 Å². The molecule has 5 aromatic rings. The first kappa shape index (κ1) is 48.0. The average molecular weight is 891 g/mol. The van der Waals surface area contributed by atoms with Crippen LogP contribution in [0.2, 0.25) is 0 Å². The second kappa shape index (κ2) is 23.0.